The van der Waals surface area contributed by atoms with Gasteiger partial charge in [0.15, 0.2) is 10.9 Å². The molecule has 0 aliphatic heterocycles. The Kier molecular flexibility index (Phi) is 3.87. The van der Waals surface area contributed by atoms with E-state index in [0.717, 1.165) is 17.4 Å². The number of thiazole rings is 1. The number of hydrogen-bond donors (Lipinski definition) is 1. The number of Topliss-reactive ketones (excluding diaryl/α,β-unsaturated/α-hetero) is 1. The maximum absolute atomic E-state index is 13.2. The van der Waals surface area contributed by atoms with Gasteiger partial charge in [-0.1, -0.05) is 6.07 Å². The molecule has 1 heterocycles. The summed E-state index contributed by atoms with van der Waals surface area (Å²) in [5.74, 6) is -0.895. The summed E-state index contributed by atoms with van der Waals surface area (Å²) in [6.45, 7) is 2.90. The number of benzene rings is 1. The molecule has 0 saturated carbocycles. The van der Waals surface area contributed by atoms with Crippen LogP contribution in [0.4, 0.5) is 9.52 Å². The molecule has 106 valence electrons. The molecule has 0 saturated heterocycles. The van der Waals surface area contributed by atoms with Gasteiger partial charge in [0.25, 0.3) is 10.0 Å². The van der Waals surface area contributed by atoms with Gasteiger partial charge in [0.2, 0.25) is 0 Å². The number of carbonyl (C=O) groups excluding carboxylic acids is 1. The van der Waals surface area contributed by atoms with Crippen molar-refractivity contribution in [3.05, 3.63) is 40.7 Å². The van der Waals surface area contributed by atoms with Crippen molar-refractivity contribution in [2.24, 2.45) is 0 Å². The summed E-state index contributed by atoms with van der Waals surface area (Å²) >= 11 is 0.993. The van der Waals surface area contributed by atoms with E-state index in [1.54, 1.807) is 6.92 Å². The van der Waals surface area contributed by atoms with Crippen molar-refractivity contribution < 1.29 is 17.6 Å². The first-order valence-corrected chi connectivity index (χ1v) is 7.91. The Hall–Kier alpha value is -1.80. The molecular formula is C12H11FN2O3S2. The third kappa shape index (κ3) is 3.02. The molecule has 20 heavy (non-hydrogen) atoms. The fraction of sp³-hybridized carbons (Fsp3) is 0.167. The number of aromatic nitrogens is 1. The van der Waals surface area contributed by atoms with E-state index in [0.29, 0.717) is 5.56 Å². The summed E-state index contributed by atoms with van der Waals surface area (Å²) in [5.41, 5.74) is 0.603. The number of hydrogen-bond acceptors (Lipinski definition) is 5. The van der Waals surface area contributed by atoms with E-state index in [9.17, 15) is 17.6 Å². The molecule has 0 atom stereocenters. The van der Waals surface area contributed by atoms with Gasteiger partial charge in [-0.05, 0) is 24.6 Å². The van der Waals surface area contributed by atoms with Gasteiger partial charge >= 0.3 is 0 Å². The largest absolute Gasteiger partial charge is 0.293 e. The fourth-order valence-corrected chi connectivity index (χ4v) is 3.78. The summed E-state index contributed by atoms with van der Waals surface area (Å²) in [5, 5.41) is 1.53. The number of carbonyl (C=O) groups is 1. The van der Waals surface area contributed by atoms with Crippen LogP contribution in [0.25, 0.3) is 0 Å². The third-order valence-corrected chi connectivity index (χ3v) is 4.89. The lowest BCUT2D eigenvalue weighted by atomic mass is 10.2. The van der Waals surface area contributed by atoms with Gasteiger partial charge in [0.1, 0.15) is 11.5 Å². The molecule has 1 aromatic heterocycles. The molecule has 0 unspecified atom stereocenters. The zero-order valence-corrected chi connectivity index (χ0v) is 12.3. The van der Waals surface area contributed by atoms with Gasteiger partial charge in [-0.15, -0.1) is 11.3 Å². The van der Waals surface area contributed by atoms with Crippen LogP contribution in [0.5, 0.6) is 0 Å². The topological polar surface area (TPSA) is 76.1 Å². The minimum Gasteiger partial charge on any atom is -0.293 e. The second kappa shape index (κ2) is 5.29. The molecule has 2 aromatic rings. The number of ketones is 1. The van der Waals surface area contributed by atoms with Crippen LogP contribution in [0.2, 0.25) is 0 Å². The van der Waals surface area contributed by atoms with Crippen LogP contribution in [0, 0.1) is 12.7 Å². The SMILES string of the molecule is CC(=O)c1csc(NS(=O)(=O)c2cc(F)ccc2C)n1. The van der Waals surface area contributed by atoms with E-state index in [-0.39, 0.29) is 21.5 Å². The highest BCUT2D eigenvalue weighted by atomic mass is 32.2. The highest BCUT2D eigenvalue weighted by molar-refractivity contribution is 7.93. The molecule has 0 amide bonds. The molecule has 5 nitrogen and oxygen atoms in total. The molecular weight excluding hydrogens is 303 g/mol. The van der Waals surface area contributed by atoms with Crippen LogP contribution in [0.15, 0.2) is 28.5 Å². The molecule has 2 rings (SSSR count). The first kappa shape index (κ1) is 14.6. The fourth-order valence-electron chi connectivity index (χ4n) is 1.52. The van der Waals surface area contributed by atoms with Crippen LogP contribution in [0.1, 0.15) is 23.0 Å². The van der Waals surface area contributed by atoms with Crippen LogP contribution < -0.4 is 4.72 Å². The lowest BCUT2D eigenvalue weighted by molar-refractivity contribution is 0.101. The Bertz CT molecular complexity index is 769. The predicted octanol–water partition coefficient (Wildman–Crippen LogP) is 2.59. The van der Waals surface area contributed by atoms with E-state index in [2.05, 4.69) is 9.71 Å². The van der Waals surface area contributed by atoms with Crippen molar-refractivity contribution in [1.82, 2.24) is 4.98 Å². The summed E-state index contributed by atoms with van der Waals surface area (Å²) in [6, 6.07) is 3.51. The molecule has 0 spiro atoms. The zero-order chi connectivity index (χ0) is 14.9. The maximum atomic E-state index is 13.2. The van der Waals surface area contributed by atoms with Crippen molar-refractivity contribution in [1.29, 1.82) is 0 Å². The number of aryl methyl sites for hydroxylation is 1. The van der Waals surface area contributed by atoms with Gasteiger partial charge in [-0.3, -0.25) is 9.52 Å². The summed E-state index contributed by atoms with van der Waals surface area (Å²) in [6.07, 6.45) is 0. The first-order valence-electron chi connectivity index (χ1n) is 5.55. The standard InChI is InChI=1S/C12H11FN2O3S2/c1-7-3-4-9(13)5-11(7)20(17,18)15-12-14-10(6-19-12)8(2)16/h3-6H,1-2H3,(H,14,15). The molecule has 0 aliphatic rings. The Morgan fingerprint density at radius 3 is 2.70 bits per heavy atom. The molecule has 0 radical (unpaired) electrons. The van der Waals surface area contributed by atoms with Gasteiger partial charge in [0.05, 0.1) is 4.90 Å². The van der Waals surface area contributed by atoms with Crippen LogP contribution in [-0.4, -0.2) is 19.2 Å². The summed E-state index contributed by atoms with van der Waals surface area (Å²) < 4.78 is 39.7. The number of anilines is 1. The second-order valence-corrected chi connectivity index (χ2v) is 6.62. The van der Waals surface area contributed by atoms with Crippen LogP contribution in [0.3, 0.4) is 0 Å². The highest BCUT2D eigenvalue weighted by Crippen LogP contribution is 2.22. The van der Waals surface area contributed by atoms with Gasteiger partial charge in [-0.25, -0.2) is 17.8 Å². The molecule has 0 aliphatic carbocycles. The number of sulfonamides is 1. The third-order valence-electron chi connectivity index (χ3n) is 2.53. The smallest absolute Gasteiger partial charge is 0.264 e. The minimum absolute atomic E-state index is 0.0684. The van der Waals surface area contributed by atoms with Crippen molar-refractivity contribution in [3.63, 3.8) is 0 Å². The van der Waals surface area contributed by atoms with E-state index in [4.69, 9.17) is 0 Å². The van der Waals surface area contributed by atoms with Crippen molar-refractivity contribution >= 4 is 32.3 Å². The highest BCUT2D eigenvalue weighted by Gasteiger charge is 2.19. The van der Waals surface area contributed by atoms with E-state index < -0.39 is 15.8 Å². The number of nitrogens with zero attached hydrogens (tertiary/aromatic N) is 1. The monoisotopic (exact) mass is 314 g/mol. The van der Waals surface area contributed by atoms with Crippen molar-refractivity contribution in [2.45, 2.75) is 18.7 Å². The van der Waals surface area contributed by atoms with Crippen LogP contribution >= 0.6 is 11.3 Å². The maximum Gasteiger partial charge on any atom is 0.264 e. The van der Waals surface area contributed by atoms with Gasteiger partial charge < -0.3 is 0 Å². The van der Waals surface area contributed by atoms with E-state index in [1.165, 1.54) is 24.4 Å². The molecule has 1 N–H and O–H groups in total. The summed E-state index contributed by atoms with van der Waals surface area (Å²) in [4.78, 5) is 14.8. The minimum atomic E-state index is -3.93. The Labute approximate surface area is 119 Å². The quantitative estimate of drug-likeness (QED) is 0.880. The number of rotatable bonds is 4. The average molecular weight is 314 g/mol. The van der Waals surface area contributed by atoms with Crippen LogP contribution in [-0.2, 0) is 10.0 Å². The molecule has 1 aromatic carbocycles. The van der Waals surface area contributed by atoms with E-state index in [1.807, 2.05) is 0 Å². The molecule has 8 heteroatoms. The predicted molar refractivity (Wildman–Crippen MR) is 74.1 cm³/mol. The van der Waals surface area contributed by atoms with Crippen molar-refractivity contribution in [2.75, 3.05) is 4.72 Å². The Morgan fingerprint density at radius 2 is 2.10 bits per heavy atom. The first-order chi connectivity index (χ1) is 9.29. The zero-order valence-electron chi connectivity index (χ0n) is 10.7. The number of nitrogens with one attached hydrogen (secondary N) is 1. The lowest BCUT2D eigenvalue weighted by Crippen LogP contribution is -2.14. The van der Waals surface area contributed by atoms with Gasteiger partial charge in [0, 0.05) is 12.3 Å². The summed E-state index contributed by atoms with van der Waals surface area (Å²) in [7, 11) is -3.93. The number of halogens is 1. The lowest BCUT2D eigenvalue weighted by Gasteiger charge is -2.08. The van der Waals surface area contributed by atoms with Crippen molar-refractivity contribution in [3.8, 4) is 0 Å². The molecule has 0 fully saturated rings. The normalized spacial score (nSPS) is 11.3. The van der Waals surface area contributed by atoms with Gasteiger partial charge in [-0.2, -0.15) is 0 Å². The Balaban J connectivity index is 2.35. The Morgan fingerprint density at radius 1 is 1.40 bits per heavy atom. The average Bonchev–Trinajstić information content (AvgIpc) is 2.80. The second-order valence-electron chi connectivity index (χ2n) is 4.11. The van der Waals surface area contributed by atoms with E-state index >= 15 is 0 Å². The molecule has 0 bridgehead atoms.